The number of rotatable bonds is 2. The number of nitrogens with one attached hydrogen (secondary N) is 1. The molecule has 0 unspecified atom stereocenters. The lowest BCUT2D eigenvalue weighted by Gasteiger charge is -2.18. The summed E-state index contributed by atoms with van der Waals surface area (Å²) < 4.78 is 5.07. The quantitative estimate of drug-likeness (QED) is 0.846. The van der Waals surface area contributed by atoms with Gasteiger partial charge in [0.1, 0.15) is 10.6 Å². The Morgan fingerprint density at radius 3 is 2.60 bits per heavy atom. The van der Waals surface area contributed by atoms with E-state index < -0.39 is 11.7 Å². The van der Waals surface area contributed by atoms with Gasteiger partial charge in [0.25, 0.3) is 0 Å². The highest BCUT2D eigenvalue weighted by Gasteiger charge is 2.17. The lowest BCUT2D eigenvalue weighted by Crippen LogP contribution is -2.27. The minimum absolute atomic E-state index is 0.473. The molecule has 0 bridgehead atoms. The highest BCUT2D eigenvalue weighted by atomic mass is 32.1. The molecule has 1 rings (SSSR count). The second-order valence-electron chi connectivity index (χ2n) is 3.98. The Labute approximate surface area is 92.9 Å². The summed E-state index contributed by atoms with van der Waals surface area (Å²) in [5.41, 5.74) is -0.498. The van der Waals surface area contributed by atoms with Crippen LogP contribution in [-0.4, -0.2) is 21.9 Å². The number of carbonyl (C=O) groups is 1. The highest BCUT2D eigenvalue weighted by molar-refractivity contribution is 7.15. The zero-order chi connectivity index (χ0) is 11.5. The Kier molecular flexibility index (Phi) is 3.62. The Bertz CT molecular complexity index is 343. The maximum absolute atomic E-state index is 11.3. The number of anilines is 1. The zero-order valence-electron chi connectivity index (χ0n) is 9.33. The first-order chi connectivity index (χ1) is 6.90. The van der Waals surface area contributed by atoms with Crippen LogP contribution in [0.15, 0.2) is 0 Å². The van der Waals surface area contributed by atoms with Gasteiger partial charge < -0.3 is 4.74 Å². The SMILES string of the molecule is CCc1nnc(NC(=O)OC(C)(C)C)s1. The molecule has 0 saturated carbocycles. The monoisotopic (exact) mass is 229 g/mol. The third-order valence-corrected chi connectivity index (χ3v) is 2.36. The molecule has 0 saturated heterocycles. The number of hydrogen-bond donors (Lipinski definition) is 1. The van der Waals surface area contributed by atoms with Crippen molar-refractivity contribution >= 4 is 22.6 Å². The van der Waals surface area contributed by atoms with Crippen molar-refractivity contribution in [1.82, 2.24) is 10.2 Å². The molecule has 0 aromatic carbocycles. The number of carbonyl (C=O) groups excluding carboxylic acids is 1. The zero-order valence-corrected chi connectivity index (χ0v) is 10.1. The van der Waals surface area contributed by atoms with Gasteiger partial charge in [-0.3, -0.25) is 5.32 Å². The van der Waals surface area contributed by atoms with Crippen LogP contribution in [0.2, 0.25) is 0 Å². The Hall–Kier alpha value is -1.17. The molecule has 15 heavy (non-hydrogen) atoms. The summed E-state index contributed by atoms with van der Waals surface area (Å²) in [5, 5.41) is 11.6. The van der Waals surface area contributed by atoms with Crippen LogP contribution in [0.1, 0.15) is 32.7 Å². The fourth-order valence-electron chi connectivity index (χ4n) is 0.838. The van der Waals surface area contributed by atoms with Gasteiger partial charge in [-0.05, 0) is 27.2 Å². The molecule has 0 aliphatic carbocycles. The Morgan fingerprint density at radius 2 is 2.13 bits per heavy atom. The molecule has 0 radical (unpaired) electrons. The van der Waals surface area contributed by atoms with Crippen LogP contribution in [0.5, 0.6) is 0 Å². The average Bonchev–Trinajstić information content (AvgIpc) is 2.48. The van der Waals surface area contributed by atoms with Crippen LogP contribution in [0, 0.1) is 0 Å². The van der Waals surface area contributed by atoms with Gasteiger partial charge in [-0.2, -0.15) is 0 Å². The molecule has 84 valence electrons. The van der Waals surface area contributed by atoms with Gasteiger partial charge in [0.05, 0.1) is 0 Å². The number of aromatic nitrogens is 2. The molecule has 0 fully saturated rings. The van der Waals surface area contributed by atoms with Gasteiger partial charge in [-0.1, -0.05) is 18.3 Å². The third-order valence-electron chi connectivity index (χ3n) is 1.38. The Morgan fingerprint density at radius 1 is 1.47 bits per heavy atom. The molecule has 0 spiro atoms. The highest BCUT2D eigenvalue weighted by Crippen LogP contribution is 2.16. The summed E-state index contributed by atoms with van der Waals surface area (Å²) in [6.45, 7) is 7.41. The molecule has 1 N–H and O–H groups in total. The molecular weight excluding hydrogens is 214 g/mol. The molecule has 5 nitrogen and oxygen atoms in total. The summed E-state index contributed by atoms with van der Waals surface area (Å²) in [7, 11) is 0. The second-order valence-corrected chi connectivity index (χ2v) is 5.04. The lowest BCUT2D eigenvalue weighted by molar-refractivity contribution is 0.0636. The summed E-state index contributed by atoms with van der Waals surface area (Å²) in [5.74, 6) is 0. The predicted molar refractivity (Wildman–Crippen MR) is 59.1 cm³/mol. The number of nitrogens with zero attached hydrogens (tertiary/aromatic N) is 2. The predicted octanol–water partition coefficient (Wildman–Crippen LogP) is 2.45. The van der Waals surface area contributed by atoms with Crippen molar-refractivity contribution in [2.24, 2.45) is 0 Å². The van der Waals surface area contributed by atoms with Gasteiger partial charge in [-0.15, -0.1) is 10.2 Å². The van der Waals surface area contributed by atoms with E-state index in [2.05, 4.69) is 15.5 Å². The van der Waals surface area contributed by atoms with Crippen LogP contribution < -0.4 is 5.32 Å². The van der Waals surface area contributed by atoms with Crippen molar-refractivity contribution in [2.75, 3.05) is 5.32 Å². The summed E-state index contributed by atoms with van der Waals surface area (Å²) in [6, 6.07) is 0. The first kappa shape index (κ1) is 11.9. The van der Waals surface area contributed by atoms with Crippen LogP contribution in [0.25, 0.3) is 0 Å². The average molecular weight is 229 g/mol. The molecule has 6 heteroatoms. The smallest absolute Gasteiger partial charge is 0.414 e. The maximum Gasteiger partial charge on any atom is 0.414 e. The van der Waals surface area contributed by atoms with Gasteiger partial charge in [0, 0.05) is 0 Å². The van der Waals surface area contributed by atoms with Crippen molar-refractivity contribution in [3.05, 3.63) is 5.01 Å². The molecule has 1 heterocycles. The van der Waals surface area contributed by atoms with E-state index in [1.165, 1.54) is 11.3 Å². The maximum atomic E-state index is 11.3. The molecular formula is C9H15N3O2S. The van der Waals surface area contributed by atoms with E-state index in [4.69, 9.17) is 4.74 Å². The largest absolute Gasteiger partial charge is 0.444 e. The van der Waals surface area contributed by atoms with Crippen molar-refractivity contribution in [3.8, 4) is 0 Å². The molecule has 1 amide bonds. The van der Waals surface area contributed by atoms with E-state index in [1.807, 2.05) is 27.7 Å². The number of amides is 1. The summed E-state index contributed by atoms with van der Waals surface area (Å²) in [6.07, 6.45) is 0.314. The van der Waals surface area contributed by atoms with E-state index in [-0.39, 0.29) is 0 Å². The van der Waals surface area contributed by atoms with Crippen molar-refractivity contribution in [2.45, 2.75) is 39.7 Å². The van der Waals surface area contributed by atoms with Crippen molar-refractivity contribution in [3.63, 3.8) is 0 Å². The van der Waals surface area contributed by atoms with Gasteiger partial charge in [-0.25, -0.2) is 4.79 Å². The van der Waals surface area contributed by atoms with Gasteiger partial charge in [0.15, 0.2) is 0 Å². The van der Waals surface area contributed by atoms with E-state index in [0.717, 1.165) is 11.4 Å². The van der Waals surface area contributed by atoms with E-state index in [9.17, 15) is 4.79 Å². The van der Waals surface area contributed by atoms with Crippen LogP contribution in [0.3, 0.4) is 0 Å². The van der Waals surface area contributed by atoms with Gasteiger partial charge >= 0.3 is 6.09 Å². The number of hydrogen-bond acceptors (Lipinski definition) is 5. The van der Waals surface area contributed by atoms with Crippen molar-refractivity contribution in [1.29, 1.82) is 0 Å². The van der Waals surface area contributed by atoms with E-state index >= 15 is 0 Å². The third kappa shape index (κ3) is 4.24. The second kappa shape index (κ2) is 4.57. The molecule has 1 aromatic heterocycles. The standard InChI is InChI=1S/C9H15N3O2S/c1-5-6-11-12-7(15-6)10-8(13)14-9(2,3)4/h5H2,1-4H3,(H,10,12,13). The Balaban J connectivity index is 2.51. The first-order valence-corrected chi connectivity index (χ1v) is 5.54. The van der Waals surface area contributed by atoms with Gasteiger partial charge in [0.2, 0.25) is 5.13 Å². The molecule has 0 aliphatic rings. The minimum Gasteiger partial charge on any atom is -0.444 e. The number of ether oxygens (including phenoxy) is 1. The van der Waals surface area contributed by atoms with E-state index in [1.54, 1.807) is 0 Å². The summed E-state index contributed by atoms with van der Waals surface area (Å²) >= 11 is 1.35. The molecule has 0 aliphatic heterocycles. The van der Waals surface area contributed by atoms with Crippen LogP contribution in [0.4, 0.5) is 9.93 Å². The lowest BCUT2D eigenvalue weighted by atomic mass is 10.2. The minimum atomic E-state index is -0.499. The summed E-state index contributed by atoms with van der Waals surface area (Å²) in [4.78, 5) is 11.3. The first-order valence-electron chi connectivity index (χ1n) is 4.73. The van der Waals surface area contributed by atoms with Crippen molar-refractivity contribution < 1.29 is 9.53 Å². The normalized spacial score (nSPS) is 11.2. The molecule has 0 atom stereocenters. The fourth-order valence-corrected chi connectivity index (χ4v) is 1.50. The van der Waals surface area contributed by atoms with Crippen LogP contribution in [-0.2, 0) is 11.2 Å². The van der Waals surface area contributed by atoms with E-state index in [0.29, 0.717) is 5.13 Å². The van der Waals surface area contributed by atoms with Crippen LogP contribution >= 0.6 is 11.3 Å². The molecule has 1 aromatic rings. The number of aryl methyl sites for hydroxylation is 1. The fraction of sp³-hybridized carbons (Fsp3) is 0.667. The topological polar surface area (TPSA) is 64.1 Å².